The van der Waals surface area contributed by atoms with E-state index in [0.29, 0.717) is 11.3 Å². The molecule has 0 bridgehead atoms. The van der Waals surface area contributed by atoms with Crippen molar-refractivity contribution >= 4 is 29.6 Å². The number of urea groups is 1. The van der Waals surface area contributed by atoms with Crippen LogP contribution in [0.25, 0.3) is 11.9 Å². The first-order chi connectivity index (χ1) is 14.4. The highest BCUT2D eigenvalue weighted by Gasteiger charge is 2.37. The molecule has 1 saturated heterocycles. The van der Waals surface area contributed by atoms with Gasteiger partial charge in [-0.25, -0.2) is 14.7 Å². The fourth-order valence-electron chi connectivity index (χ4n) is 3.62. The minimum Gasteiger partial charge on any atom is -0.303 e. The lowest BCUT2D eigenvalue weighted by Gasteiger charge is -2.27. The van der Waals surface area contributed by atoms with Gasteiger partial charge in [0.2, 0.25) is 0 Å². The van der Waals surface area contributed by atoms with Crippen LogP contribution in [0, 0.1) is 20.8 Å². The number of barbiturate groups is 1. The maximum absolute atomic E-state index is 13.1. The molecule has 30 heavy (non-hydrogen) atoms. The first-order valence-corrected chi connectivity index (χ1v) is 9.46. The zero-order valence-corrected chi connectivity index (χ0v) is 16.8. The Kier molecular flexibility index (Phi) is 4.79. The summed E-state index contributed by atoms with van der Waals surface area (Å²) in [5, 5.41) is 2.27. The number of rotatable bonds is 3. The number of hydrogen-bond acceptors (Lipinski definition) is 4. The van der Waals surface area contributed by atoms with Gasteiger partial charge in [0.15, 0.2) is 0 Å². The molecule has 1 fully saturated rings. The van der Waals surface area contributed by atoms with Crippen molar-refractivity contribution < 1.29 is 14.4 Å². The molecule has 1 N–H and O–H groups in total. The lowest BCUT2D eigenvalue weighted by molar-refractivity contribution is -0.122. The molecular weight excluding hydrogens is 380 g/mol. The van der Waals surface area contributed by atoms with E-state index in [1.54, 1.807) is 31.3 Å². The molecule has 0 saturated carbocycles. The predicted molar refractivity (Wildman–Crippen MR) is 113 cm³/mol. The van der Waals surface area contributed by atoms with Crippen molar-refractivity contribution in [2.24, 2.45) is 0 Å². The van der Waals surface area contributed by atoms with Crippen molar-refractivity contribution in [2.45, 2.75) is 20.8 Å². The zero-order valence-electron chi connectivity index (χ0n) is 16.8. The number of nitrogens with zero attached hydrogens (tertiary/aromatic N) is 3. The summed E-state index contributed by atoms with van der Waals surface area (Å²) in [4.78, 5) is 43.4. The van der Waals surface area contributed by atoms with Gasteiger partial charge in [-0.05, 0) is 62.2 Å². The smallest absolute Gasteiger partial charge is 0.303 e. The third-order valence-corrected chi connectivity index (χ3v) is 5.11. The largest absolute Gasteiger partial charge is 0.335 e. The molecule has 0 spiro atoms. The van der Waals surface area contributed by atoms with E-state index in [4.69, 9.17) is 0 Å². The molecule has 3 heterocycles. The average molecular weight is 400 g/mol. The summed E-state index contributed by atoms with van der Waals surface area (Å²) in [5.41, 5.74) is 3.54. The van der Waals surface area contributed by atoms with E-state index in [-0.39, 0.29) is 5.57 Å². The van der Waals surface area contributed by atoms with Gasteiger partial charge in [0, 0.05) is 17.6 Å². The molecule has 1 aromatic carbocycles. The van der Waals surface area contributed by atoms with Crippen LogP contribution in [0.3, 0.4) is 0 Å². The van der Waals surface area contributed by atoms with Crippen molar-refractivity contribution in [2.75, 3.05) is 4.90 Å². The monoisotopic (exact) mass is 400 g/mol. The van der Waals surface area contributed by atoms with Crippen molar-refractivity contribution in [1.82, 2.24) is 14.9 Å². The van der Waals surface area contributed by atoms with Crippen LogP contribution in [0.2, 0.25) is 0 Å². The Morgan fingerprint density at radius 1 is 0.967 bits per heavy atom. The highest BCUT2D eigenvalue weighted by molar-refractivity contribution is 6.39. The maximum Gasteiger partial charge on any atom is 0.335 e. The number of aryl methyl sites for hydroxylation is 2. The van der Waals surface area contributed by atoms with E-state index in [1.165, 1.54) is 6.08 Å². The fraction of sp³-hybridized carbons (Fsp3) is 0.130. The number of aromatic nitrogens is 2. The Morgan fingerprint density at radius 3 is 2.40 bits per heavy atom. The highest BCUT2D eigenvalue weighted by atomic mass is 16.2. The van der Waals surface area contributed by atoms with E-state index in [2.05, 4.69) is 10.3 Å². The highest BCUT2D eigenvalue weighted by Crippen LogP contribution is 2.27. The molecule has 1 aliphatic rings. The molecule has 3 aromatic rings. The van der Waals surface area contributed by atoms with Gasteiger partial charge in [-0.3, -0.25) is 14.9 Å². The summed E-state index contributed by atoms with van der Waals surface area (Å²) >= 11 is 0. The van der Waals surface area contributed by atoms with E-state index in [0.717, 1.165) is 27.7 Å². The standard InChI is InChI=1S/C23H20N4O3/c1-14-8-4-5-9-19(14)27-22(29)18(21(28)25-23(27)30)13-17-12-15(2)26(16(17)3)20-10-6-7-11-24-20/h4-13H,1-3H3,(H,25,28,30). The third kappa shape index (κ3) is 3.20. The van der Waals surface area contributed by atoms with Crippen molar-refractivity contribution in [3.8, 4) is 5.82 Å². The quantitative estimate of drug-likeness (QED) is 0.539. The molecular formula is C23H20N4O3. The van der Waals surface area contributed by atoms with Crippen LogP contribution in [0.4, 0.5) is 10.5 Å². The molecule has 7 heteroatoms. The van der Waals surface area contributed by atoms with Gasteiger partial charge in [-0.2, -0.15) is 0 Å². The van der Waals surface area contributed by atoms with Crippen LogP contribution < -0.4 is 10.2 Å². The molecule has 0 aliphatic carbocycles. The lowest BCUT2D eigenvalue weighted by atomic mass is 10.1. The molecule has 2 aromatic heterocycles. The summed E-state index contributed by atoms with van der Waals surface area (Å²) < 4.78 is 1.95. The van der Waals surface area contributed by atoms with Crippen LogP contribution in [-0.4, -0.2) is 27.4 Å². The molecule has 4 rings (SSSR count). The molecule has 0 unspecified atom stereocenters. The van der Waals surface area contributed by atoms with Gasteiger partial charge in [0.05, 0.1) is 5.69 Å². The summed E-state index contributed by atoms with van der Waals surface area (Å²) in [7, 11) is 0. The van der Waals surface area contributed by atoms with Crippen LogP contribution in [0.1, 0.15) is 22.5 Å². The molecule has 150 valence electrons. The number of imide groups is 2. The zero-order chi connectivity index (χ0) is 21.4. The normalized spacial score (nSPS) is 15.6. The van der Waals surface area contributed by atoms with Gasteiger partial charge in [0.1, 0.15) is 11.4 Å². The average Bonchev–Trinajstić information content (AvgIpc) is 3.00. The molecule has 0 atom stereocenters. The second-order valence-corrected chi connectivity index (χ2v) is 7.09. The van der Waals surface area contributed by atoms with Crippen LogP contribution in [-0.2, 0) is 9.59 Å². The fourth-order valence-corrected chi connectivity index (χ4v) is 3.62. The minimum absolute atomic E-state index is 0.0980. The van der Waals surface area contributed by atoms with Gasteiger partial charge in [0.25, 0.3) is 11.8 Å². The number of para-hydroxylation sites is 1. The Labute approximate surface area is 173 Å². The second-order valence-electron chi connectivity index (χ2n) is 7.09. The van der Waals surface area contributed by atoms with Gasteiger partial charge >= 0.3 is 6.03 Å². The first-order valence-electron chi connectivity index (χ1n) is 9.46. The third-order valence-electron chi connectivity index (χ3n) is 5.11. The Morgan fingerprint density at radius 2 is 1.70 bits per heavy atom. The maximum atomic E-state index is 13.1. The first kappa shape index (κ1) is 19.3. The van der Waals surface area contributed by atoms with Crippen LogP contribution >= 0.6 is 0 Å². The number of anilines is 1. The number of nitrogens with one attached hydrogen (secondary N) is 1. The van der Waals surface area contributed by atoms with E-state index >= 15 is 0 Å². The number of carbonyl (C=O) groups is 3. The van der Waals surface area contributed by atoms with Crippen molar-refractivity contribution in [3.05, 3.63) is 82.8 Å². The van der Waals surface area contributed by atoms with E-state index in [9.17, 15) is 14.4 Å². The summed E-state index contributed by atoms with van der Waals surface area (Å²) in [6, 6.07) is 13.8. The number of pyridine rings is 1. The van der Waals surface area contributed by atoms with Crippen LogP contribution in [0.15, 0.2) is 60.3 Å². The molecule has 0 radical (unpaired) electrons. The molecule has 4 amide bonds. The Balaban J connectivity index is 1.78. The summed E-state index contributed by atoms with van der Waals surface area (Å²) in [6.45, 7) is 5.62. The van der Waals surface area contributed by atoms with E-state index in [1.807, 2.05) is 48.7 Å². The Bertz CT molecular complexity index is 1210. The van der Waals surface area contributed by atoms with Gasteiger partial charge in [-0.1, -0.05) is 24.3 Å². The van der Waals surface area contributed by atoms with Gasteiger partial charge < -0.3 is 4.57 Å². The van der Waals surface area contributed by atoms with Crippen molar-refractivity contribution in [1.29, 1.82) is 0 Å². The number of benzene rings is 1. The molecule has 1 aliphatic heterocycles. The lowest BCUT2D eigenvalue weighted by Crippen LogP contribution is -2.54. The Hall–Kier alpha value is -4.00. The van der Waals surface area contributed by atoms with Crippen molar-refractivity contribution in [3.63, 3.8) is 0 Å². The number of amides is 4. The van der Waals surface area contributed by atoms with Crippen LogP contribution in [0.5, 0.6) is 0 Å². The second kappa shape index (κ2) is 7.44. The predicted octanol–water partition coefficient (Wildman–Crippen LogP) is 3.46. The minimum atomic E-state index is -0.754. The number of carbonyl (C=O) groups excluding carboxylic acids is 3. The van der Waals surface area contributed by atoms with E-state index < -0.39 is 17.8 Å². The SMILES string of the molecule is Cc1ccccc1N1C(=O)NC(=O)C(=Cc2cc(C)n(-c3ccccn3)c2C)C1=O. The summed E-state index contributed by atoms with van der Waals surface area (Å²) in [6.07, 6.45) is 3.23. The summed E-state index contributed by atoms with van der Waals surface area (Å²) in [5.74, 6) is -0.619. The van der Waals surface area contributed by atoms with Gasteiger partial charge in [-0.15, -0.1) is 0 Å². The molecule has 7 nitrogen and oxygen atoms in total. The topological polar surface area (TPSA) is 84.3 Å². The number of hydrogen-bond donors (Lipinski definition) is 1.